The predicted octanol–water partition coefficient (Wildman–Crippen LogP) is 8.07. The maximum atomic E-state index is 15.7. The van der Waals surface area contributed by atoms with Gasteiger partial charge in [0.2, 0.25) is 0 Å². The number of pyridine rings is 2. The molecule has 0 bridgehead atoms. The molecule has 16 nitrogen and oxygen atoms in total. The third-order valence-electron chi connectivity index (χ3n) is 14.9. The van der Waals surface area contributed by atoms with Gasteiger partial charge in [-0.25, -0.2) is 27.5 Å². The molecule has 354 valence electrons. The maximum absolute atomic E-state index is 15.7. The number of benzene rings is 2. The fraction of sp³-hybridized carbons (Fsp3) is 0.490. The largest absolute Gasteiger partial charge is 0.483 e. The average molecular weight is 937 g/mol. The standard InChI is InChI=1S/C49H57FN8O8S/c1-32(2)39-6-3-4-7-40(39)41-8-5-17-57(41)35-25-48(26-35)12-18-55(19-13-48)34-23-44(66-37-22-33-11-16-51-46(33)53-28-37)45(52-27-34)47(59)54-67(62,63)38-9-10-43(42(24-38)58(60)61)65-31-49(50)14-20-56(21-15-49)36-29-64-30-36/h3-4,6-7,9-11,16,22-24,27-28,32,35-36,41H,5,8,12-15,17-21,25-26,29-31H2,1-2H3,(H,51,53)(H,54,59). The Labute approximate surface area is 389 Å². The Morgan fingerprint density at radius 1 is 0.970 bits per heavy atom. The molecule has 1 aliphatic carbocycles. The summed E-state index contributed by atoms with van der Waals surface area (Å²) >= 11 is 0. The number of rotatable bonds is 14. The van der Waals surface area contributed by atoms with Crippen LogP contribution in [0.2, 0.25) is 0 Å². The number of sulfonamides is 1. The topological polar surface area (TPSA) is 185 Å². The number of nitrogens with one attached hydrogen (secondary N) is 2. The first-order valence-corrected chi connectivity index (χ1v) is 24.9. The van der Waals surface area contributed by atoms with Crippen LogP contribution in [-0.4, -0.2) is 114 Å². The number of halogens is 1. The van der Waals surface area contributed by atoms with Crippen molar-refractivity contribution in [2.75, 3.05) is 57.4 Å². The lowest BCUT2D eigenvalue weighted by Crippen LogP contribution is -2.55. The van der Waals surface area contributed by atoms with Crippen LogP contribution in [0, 0.1) is 15.5 Å². The van der Waals surface area contributed by atoms with E-state index in [0.29, 0.717) is 55.7 Å². The first-order chi connectivity index (χ1) is 32.3. The lowest BCUT2D eigenvalue weighted by atomic mass is 9.59. The van der Waals surface area contributed by atoms with Crippen LogP contribution in [0.1, 0.15) is 98.8 Å². The molecule has 5 aromatic rings. The van der Waals surface area contributed by atoms with Crippen LogP contribution in [0.4, 0.5) is 15.8 Å². The number of carbonyl (C=O) groups is 1. The molecule has 4 saturated heterocycles. The minimum Gasteiger partial charge on any atom is -0.483 e. The number of amides is 1. The number of hydrogen-bond donors (Lipinski definition) is 2. The summed E-state index contributed by atoms with van der Waals surface area (Å²) in [6, 6.07) is 18.5. The molecule has 2 aromatic carbocycles. The zero-order chi connectivity index (χ0) is 46.5. The highest BCUT2D eigenvalue weighted by Crippen LogP contribution is 2.54. The molecule has 1 spiro atoms. The Morgan fingerprint density at radius 2 is 1.75 bits per heavy atom. The summed E-state index contributed by atoms with van der Waals surface area (Å²) in [7, 11) is -4.70. The molecule has 10 rings (SSSR count). The van der Waals surface area contributed by atoms with E-state index >= 15 is 4.39 Å². The second kappa shape index (κ2) is 18.1. The number of hydrogen-bond acceptors (Lipinski definition) is 13. The lowest BCUT2D eigenvalue weighted by molar-refractivity contribution is -0.386. The summed E-state index contributed by atoms with van der Waals surface area (Å²) in [4.78, 5) is 43.8. The SMILES string of the molecule is CC(C)c1ccccc1C1CCCN1C1CC2(CCN(c3cnc(C(=O)NS(=O)(=O)c4ccc(OCC5(F)CCN(C6COC6)CC5)c([N+](=O)[O-])c4)c(Oc4cnc5[nH]ccc5c4)c3)CC2)C1. The van der Waals surface area contributed by atoms with Crippen LogP contribution >= 0.6 is 0 Å². The van der Waals surface area contributed by atoms with Crippen molar-refractivity contribution in [2.45, 2.75) is 99.8 Å². The molecular formula is C49H57FN8O8S. The second-order valence-corrected chi connectivity index (χ2v) is 21.1. The van der Waals surface area contributed by atoms with Gasteiger partial charge in [0, 0.05) is 62.0 Å². The number of piperidine rings is 2. The first kappa shape index (κ1) is 45.1. The van der Waals surface area contributed by atoms with E-state index in [1.807, 2.05) is 10.8 Å². The minimum absolute atomic E-state index is 0.00867. The van der Waals surface area contributed by atoms with Crippen LogP contribution in [0.25, 0.3) is 11.0 Å². The zero-order valence-electron chi connectivity index (χ0n) is 37.9. The van der Waals surface area contributed by atoms with Gasteiger partial charge in [-0.05, 0) is 105 Å². The van der Waals surface area contributed by atoms with E-state index < -0.39 is 43.7 Å². The minimum atomic E-state index is -4.70. The van der Waals surface area contributed by atoms with Gasteiger partial charge < -0.3 is 24.1 Å². The number of nitro benzene ring substituents is 1. The Balaban J connectivity index is 0.825. The fourth-order valence-electron chi connectivity index (χ4n) is 10.9. The number of ether oxygens (including phenoxy) is 3. The molecule has 18 heteroatoms. The van der Waals surface area contributed by atoms with Gasteiger partial charge in [0.15, 0.2) is 17.2 Å². The van der Waals surface area contributed by atoms with Gasteiger partial charge in [-0.1, -0.05) is 38.1 Å². The number of aromatic nitrogens is 3. The van der Waals surface area contributed by atoms with Gasteiger partial charge in [-0.15, -0.1) is 0 Å². The molecule has 3 aromatic heterocycles. The van der Waals surface area contributed by atoms with E-state index in [-0.39, 0.29) is 41.5 Å². The molecule has 1 saturated carbocycles. The molecule has 1 amide bonds. The maximum Gasteiger partial charge on any atom is 0.312 e. The fourth-order valence-corrected chi connectivity index (χ4v) is 11.9. The Bertz CT molecular complexity index is 2760. The third-order valence-corrected chi connectivity index (χ3v) is 16.2. The average Bonchev–Trinajstić information content (AvgIpc) is 3.98. The summed E-state index contributed by atoms with van der Waals surface area (Å²) in [5, 5.41) is 12.9. The number of anilines is 1. The van der Waals surface area contributed by atoms with Crippen LogP contribution in [0.3, 0.4) is 0 Å². The number of nitrogens with zero attached hydrogens (tertiary/aromatic N) is 6. The molecule has 67 heavy (non-hydrogen) atoms. The first-order valence-electron chi connectivity index (χ1n) is 23.5. The number of aromatic amines is 1. The molecule has 1 unspecified atom stereocenters. The summed E-state index contributed by atoms with van der Waals surface area (Å²) in [6.07, 6.45) is 11.9. The highest BCUT2D eigenvalue weighted by atomic mass is 32.2. The van der Waals surface area contributed by atoms with Crippen molar-refractivity contribution in [3.05, 3.63) is 106 Å². The van der Waals surface area contributed by atoms with E-state index in [1.165, 1.54) is 43.0 Å². The van der Waals surface area contributed by atoms with Gasteiger partial charge in [0.25, 0.3) is 15.9 Å². The number of carbonyl (C=O) groups excluding carboxylic acids is 1. The van der Waals surface area contributed by atoms with Crippen molar-refractivity contribution in [3.8, 4) is 17.2 Å². The van der Waals surface area contributed by atoms with Crippen molar-refractivity contribution in [1.82, 2.24) is 29.5 Å². The van der Waals surface area contributed by atoms with Gasteiger partial charge in [0.1, 0.15) is 23.7 Å². The summed E-state index contributed by atoms with van der Waals surface area (Å²) < 4.78 is 62.4. The quantitative estimate of drug-likeness (QED) is 0.0806. The van der Waals surface area contributed by atoms with E-state index in [0.717, 1.165) is 61.7 Å². The molecule has 0 radical (unpaired) electrons. The van der Waals surface area contributed by atoms with Crippen molar-refractivity contribution < 1.29 is 36.7 Å². The normalized spacial score (nSPS) is 21.3. The van der Waals surface area contributed by atoms with E-state index in [4.69, 9.17) is 14.2 Å². The Kier molecular flexibility index (Phi) is 12.2. The van der Waals surface area contributed by atoms with Crippen molar-refractivity contribution in [3.63, 3.8) is 0 Å². The van der Waals surface area contributed by atoms with Crippen LogP contribution in [0.15, 0.2) is 84.1 Å². The Hall–Kier alpha value is -5.69. The van der Waals surface area contributed by atoms with Crippen LogP contribution in [0.5, 0.6) is 17.2 Å². The number of alkyl halides is 1. The second-order valence-electron chi connectivity index (χ2n) is 19.4. The lowest BCUT2D eigenvalue weighted by Gasteiger charge is -2.56. The molecule has 5 aliphatic rings. The van der Waals surface area contributed by atoms with E-state index in [1.54, 1.807) is 24.5 Å². The predicted molar refractivity (Wildman–Crippen MR) is 249 cm³/mol. The van der Waals surface area contributed by atoms with E-state index in [9.17, 15) is 23.3 Å². The molecule has 2 N–H and O–H groups in total. The van der Waals surface area contributed by atoms with Gasteiger partial charge >= 0.3 is 5.69 Å². The monoisotopic (exact) mass is 936 g/mol. The molecular weight excluding hydrogens is 880 g/mol. The Morgan fingerprint density at radius 3 is 2.48 bits per heavy atom. The molecule has 4 aliphatic heterocycles. The smallest absolute Gasteiger partial charge is 0.312 e. The van der Waals surface area contributed by atoms with Gasteiger partial charge in [-0.2, -0.15) is 0 Å². The zero-order valence-corrected chi connectivity index (χ0v) is 38.7. The van der Waals surface area contributed by atoms with Gasteiger partial charge in [0.05, 0.1) is 47.2 Å². The van der Waals surface area contributed by atoms with Crippen molar-refractivity contribution >= 4 is 38.3 Å². The molecule has 1 atom stereocenters. The number of H-pyrrole nitrogens is 1. The van der Waals surface area contributed by atoms with Crippen molar-refractivity contribution in [1.29, 1.82) is 0 Å². The summed E-state index contributed by atoms with van der Waals surface area (Å²) in [6.45, 7) is 9.06. The number of likely N-dealkylation sites (tertiary alicyclic amines) is 2. The highest BCUT2D eigenvalue weighted by molar-refractivity contribution is 7.90. The molecule has 7 heterocycles. The summed E-state index contributed by atoms with van der Waals surface area (Å²) in [5.41, 5.74) is 1.85. The van der Waals surface area contributed by atoms with Crippen molar-refractivity contribution in [2.24, 2.45) is 5.41 Å². The van der Waals surface area contributed by atoms with Crippen LogP contribution < -0.4 is 19.1 Å². The third kappa shape index (κ3) is 9.20. The highest BCUT2D eigenvalue weighted by Gasteiger charge is 2.50. The number of fused-ring (bicyclic) bond motifs is 1. The molecule has 5 fully saturated rings. The van der Waals surface area contributed by atoms with E-state index in [2.05, 4.69) is 67.8 Å². The van der Waals surface area contributed by atoms with Crippen LogP contribution in [-0.2, 0) is 14.8 Å². The number of nitro groups is 1. The van der Waals surface area contributed by atoms with Gasteiger partial charge in [-0.3, -0.25) is 24.7 Å². The summed E-state index contributed by atoms with van der Waals surface area (Å²) in [5.74, 6) is -0.596.